The second-order valence-electron chi connectivity index (χ2n) is 7.63. The van der Waals surface area contributed by atoms with Crippen molar-refractivity contribution < 1.29 is 14.3 Å². The molecular formula is C17H27N3O3. The number of likely N-dealkylation sites (tertiary alicyclic amines) is 2. The summed E-state index contributed by atoms with van der Waals surface area (Å²) in [4.78, 5) is 28.7. The maximum absolute atomic E-state index is 12.7. The Morgan fingerprint density at radius 2 is 2.09 bits per heavy atom. The fraction of sp³-hybridized carbons (Fsp3) is 0.882. The highest BCUT2D eigenvalue weighted by Gasteiger charge is 2.45. The van der Waals surface area contributed by atoms with Gasteiger partial charge in [-0.2, -0.15) is 0 Å². The van der Waals surface area contributed by atoms with Crippen molar-refractivity contribution in [1.29, 1.82) is 0 Å². The maximum atomic E-state index is 12.7. The lowest BCUT2D eigenvalue weighted by Crippen LogP contribution is -2.50. The van der Waals surface area contributed by atoms with Crippen LogP contribution in [0, 0.1) is 5.92 Å². The number of hydrogen-bond donors (Lipinski definition) is 1. The zero-order valence-corrected chi connectivity index (χ0v) is 13.9. The number of carbonyl (C=O) groups excluding carboxylic acids is 2. The van der Waals surface area contributed by atoms with Gasteiger partial charge >= 0.3 is 6.03 Å². The van der Waals surface area contributed by atoms with Gasteiger partial charge in [0.2, 0.25) is 5.91 Å². The van der Waals surface area contributed by atoms with E-state index in [0.717, 1.165) is 45.3 Å². The number of rotatable bonds is 3. The van der Waals surface area contributed by atoms with E-state index < -0.39 is 0 Å². The normalized spacial score (nSPS) is 40.0. The standard InChI is InChI=1S/C17H27N3O3/c1-11-8-14(11)20-10-12(9-16(20)21)18-17(22)19-6-2-4-13(19)15-5-3-7-23-15/h11-15H,2-10H2,1H3,(H,18,22). The van der Waals surface area contributed by atoms with Crippen LogP contribution in [0.1, 0.15) is 45.4 Å². The summed E-state index contributed by atoms with van der Waals surface area (Å²) < 4.78 is 5.79. The summed E-state index contributed by atoms with van der Waals surface area (Å²) in [6.07, 6.45) is 6.01. The second-order valence-corrected chi connectivity index (χ2v) is 7.63. The number of urea groups is 1. The van der Waals surface area contributed by atoms with E-state index in [1.54, 1.807) is 0 Å². The van der Waals surface area contributed by atoms with Gasteiger partial charge in [0, 0.05) is 32.2 Å². The zero-order valence-electron chi connectivity index (χ0n) is 13.9. The Labute approximate surface area is 137 Å². The number of carbonyl (C=O) groups is 2. The quantitative estimate of drug-likeness (QED) is 0.853. The lowest BCUT2D eigenvalue weighted by molar-refractivity contribution is -0.128. The van der Waals surface area contributed by atoms with Crippen LogP contribution >= 0.6 is 0 Å². The predicted octanol–water partition coefficient (Wildman–Crippen LogP) is 1.35. The van der Waals surface area contributed by atoms with Gasteiger partial charge in [-0.25, -0.2) is 4.79 Å². The van der Waals surface area contributed by atoms with E-state index in [1.165, 1.54) is 0 Å². The molecular weight excluding hydrogens is 294 g/mol. The lowest BCUT2D eigenvalue weighted by atomic mass is 10.1. The number of amides is 3. The Kier molecular flexibility index (Phi) is 3.95. The fourth-order valence-electron chi connectivity index (χ4n) is 4.48. The maximum Gasteiger partial charge on any atom is 0.318 e. The first-order valence-corrected chi connectivity index (χ1v) is 9.11. The Hall–Kier alpha value is -1.30. The Morgan fingerprint density at radius 3 is 2.78 bits per heavy atom. The molecule has 5 unspecified atom stereocenters. The average molecular weight is 321 g/mol. The zero-order chi connectivity index (χ0) is 16.0. The molecule has 3 heterocycles. The monoisotopic (exact) mass is 321 g/mol. The molecule has 1 saturated carbocycles. The van der Waals surface area contributed by atoms with Crippen molar-refractivity contribution in [3.63, 3.8) is 0 Å². The van der Waals surface area contributed by atoms with E-state index in [4.69, 9.17) is 4.74 Å². The molecule has 0 radical (unpaired) electrons. The molecule has 6 heteroatoms. The van der Waals surface area contributed by atoms with Gasteiger partial charge < -0.3 is 19.9 Å². The van der Waals surface area contributed by atoms with Gasteiger partial charge in [0.05, 0.1) is 18.2 Å². The molecule has 0 aromatic rings. The Balaban J connectivity index is 1.33. The average Bonchev–Trinajstić information content (AvgIpc) is 3.01. The second kappa shape index (κ2) is 5.96. The van der Waals surface area contributed by atoms with E-state index in [9.17, 15) is 9.59 Å². The molecule has 5 atom stereocenters. The molecule has 4 aliphatic rings. The molecule has 3 amide bonds. The molecule has 4 fully saturated rings. The first kappa shape index (κ1) is 15.2. The van der Waals surface area contributed by atoms with Gasteiger partial charge in [-0.15, -0.1) is 0 Å². The van der Waals surface area contributed by atoms with Crippen LogP contribution in [0.15, 0.2) is 0 Å². The highest BCUT2D eigenvalue weighted by atomic mass is 16.5. The molecule has 128 valence electrons. The highest BCUT2D eigenvalue weighted by Crippen LogP contribution is 2.37. The summed E-state index contributed by atoms with van der Waals surface area (Å²) in [5, 5.41) is 3.10. The predicted molar refractivity (Wildman–Crippen MR) is 84.9 cm³/mol. The van der Waals surface area contributed by atoms with E-state index in [0.29, 0.717) is 24.9 Å². The summed E-state index contributed by atoms with van der Waals surface area (Å²) in [5.41, 5.74) is 0. The van der Waals surface area contributed by atoms with Gasteiger partial charge in [0.25, 0.3) is 0 Å². The smallest absolute Gasteiger partial charge is 0.318 e. The molecule has 3 aliphatic heterocycles. The third kappa shape index (κ3) is 2.93. The van der Waals surface area contributed by atoms with Gasteiger partial charge in [-0.3, -0.25) is 4.79 Å². The van der Waals surface area contributed by atoms with Gasteiger partial charge in [0.15, 0.2) is 0 Å². The molecule has 0 spiro atoms. The van der Waals surface area contributed by atoms with Crippen LogP contribution in [0.25, 0.3) is 0 Å². The van der Waals surface area contributed by atoms with Crippen molar-refractivity contribution in [3.05, 3.63) is 0 Å². The molecule has 0 aromatic heterocycles. The van der Waals surface area contributed by atoms with Crippen molar-refractivity contribution in [3.8, 4) is 0 Å². The first-order chi connectivity index (χ1) is 11.1. The summed E-state index contributed by atoms with van der Waals surface area (Å²) >= 11 is 0. The SMILES string of the molecule is CC1CC1N1CC(NC(=O)N2CCCC2C2CCCO2)CC1=O. The Bertz CT molecular complexity index is 491. The number of hydrogen-bond acceptors (Lipinski definition) is 3. The minimum Gasteiger partial charge on any atom is -0.376 e. The van der Waals surface area contributed by atoms with Crippen molar-refractivity contribution in [2.45, 2.75) is 69.7 Å². The largest absolute Gasteiger partial charge is 0.376 e. The Morgan fingerprint density at radius 1 is 1.26 bits per heavy atom. The third-order valence-corrected chi connectivity index (χ3v) is 5.91. The number of nitrogens with zero attached hydrogens (tertiary/aromatic N) is 2. The molecule has 6 nitrogen and oxygen atoms in total. The fourth-order valence-corrected chi connectivity index (χ4v) is 4.48. The van der Waals surface area contributed by atoms with Crippen LogP contribution in [0.3, 0.4) is 0 Å². The molecule has 3 saturated heterocycles. The van der Waals surface area contributed by atoms with Gasteiger partial charge in [-0.1, -0.05) is 6.92 Å². The molecule has 23 heavy (non-hydrogen) atoms. The van der Waals surface area contributed by atoms with E-state index in [-0.39, 0.29) is 30.1 Å². The highest BCUT2D eigenvalue weighted by molar-refractivity contribution is 5.82. The minimum absolute atomic E-state index is 0.00787. The molecule has 4 rings (SSSR count). The summed E-state index contributed by atoms with van der Waals surface area (Å²) in [7, 11) is 0. The van der Waals surface area contributed by atoms with Crippen LogP contribution < -0.4 is 5.32 Å². The van der Waals surface area contributed by atoms with E-state index >= 15 is 0 Å². The van der Waals surface area contributed by atoms with Crippen LogP contribution in [0.4, 0.5) is 4.79 Å². The molecule has 0 bridgehead atoms. The summed E-state index contributed by atoms with van der Waals surface area (Å²) in [6.45, 7) is 4.49. The van der Waals surface area contributed by atoms with Crippen molar-refractivity contribution in [2.75, 3.05) is 19.7 Å². The van der Waals surface area contributed by atoms with E-state index in [2.05, 4.69) is 12.2 Å². The summed E-state index contributed by atoms with van der Waals surface area (Å²) in [5.74, 6) is 0.817. The molecule has 1 aliphatic carbocycles. The summed E-state index contributed by atoms with van der Waals surface area (Å²) in [6, 6.07) is 0.588. The lowest BCUT2D eigenvalue weighted by Gasteiger charge is -2.30. The topological polar surface area (TPSA) is 61.9 Å². The van der Waals surface area contributed by atoms with Crippen LogP contribution in [0.5, 0.6) is 0 Å². The minimum atomic E-state index is -0.0338. The van der Waals surface area contributed by atoms with Crippen molar-refractivity contribution >= 4 is 11.9 Å². The van der Waals surface area contributed by atoms with Gasteiger partial charge in [0.1, 0.15) is 0 Å². The third-order valence-electron chi connectivity index (χ3n) is 5.91. The number of ether oxygens (including phenoxy) is 1. The molecule has 1 N–H and O–H groups in total. The van der Waals surface area contributed by atoms with Gasteiger partial charge in [-0.05, 0) is 38.0 Å². The van der Waals surface area contributed by atoms with Crippen LogP contribution in [0.2, 0.25) is 0 Å². The van der Waals surface area contributed by atoms with Crippen LogP contribution in [-0.2, 0) is 9.53 Å². The van der Waals surface area contributed by atoms with E-state index in [1.807, 2.05) is 9.80 Å². The van der Waals surface area contributed by atoms with Crippen molar-refractivity contribution in [2.24, 2.45) is 5.92 Å². The van der Waals surface area contributed by atoms with Crippen molar-refractivity contribution in [1.82, 2.24) is 15.1 Å². The molecule has 0 aromatic carbocycles. The van der Waals surface area contributed by atoms with Crippen LogP contribution in [-0.4, -0.2) is 65.7 Å². The number of nitrogens with one attached hydrogen (secondary N) is 1. The first-order valence-electron chi connectivity index (χ1n) is 9.11.